The molecule has 0 aromatic carbocycles. The minimum Gasteiger partial charge on any atom is -0.395 e. The predicted octanol–water partition coefficient (Wildman–Crippen LogP) is 1.75. The van der Waals surface area contributed by atoms with Crippen molar-refractivity contribution in [2.45, 2.75) is 25.4 Å². The van der Waals surface area contributed by atoms with Crippen molar-refractivity contribution in [1.29, 1.82) is 0 Å². The highest BCUT2D eigenvalue weighted by molar-refractivity contribution is 7.15. The molecule has 1 aromatic heterocycles. The molecule has 78 valence electrons. The van der Waals surface area contributed by atoms with E-state index in [0.29, 0.717) is 10.5 Å². The first-order chi connectivity index (χ1) is 6.79. The quantitative estimate of drug-likeness (QED) is 0.863. The van der Waals surface area contributed by atoms with Crippen LogP contribution in [-0.2, 0) is 6.54 Å². The Hall–Kier alpha value is -0.160. The van der Waals surface area contributed by atoms with Crippen molar-refractivity contribution < 1.29 is 5.11 Å². The van der Waals surface area contributed by atoms with Gasteiger partial charge in [0, 0.05) is 23.7 Å². The van der Waals surface area contributed by atoms with Crippen molar-refractivity contribution in [2.75, 3.05) is 13.2 Å². The van der Waals surface area contributed by atoms with Crippen LogP contribution in [0.2, 0.25) is 4.47 Å². The van der Waals surface area contributed by atoms with Gasteiger partial charge in [-0.05, 0) is 19.4 Å². The number of aliphatic hydroxyl groups excluding tert-OH is 1. The van der Waals surface area contributed by atoms with Crippen molar-refractivity contribution >= 4 is 22.9 Å². The maximum absolute atomic E-state index is 9.14. The van der Waals surface area contributed by atoms with Gasteiger partial charge in [-0.15, -0.1) is 11.3 Å². The molecule has 1 aliphatic rings. The molecule has 1 unspecified atom stereocenters. The van der Waals surface area contributed by atoms with Gasteiger partial charge in [0.1, 0.15) is 0 Å². The van der Waals surface area contributed by atoms with Crippen LogP contribution < -0.4 is 0 Å². The van der Waals surface area contributed by atoms with Crippen LogP contribution in [0, 0.1) is 0 Å². The molecule has 14 heavy (non-hydrogen) atoms. The third-order valence-corrected chi connectivity index (χ3v) is 3.69. The van der Waals surface area contributed by atoms with Crippen molar-refractivity contribution in [3.8, 4) is 0 Å². The van der Waals surface area contributed by atoms with E-state index in [4.69, 9.17) is 16.7 Å². The van der Waals surface area contributed by atoms with Crippen LogP contribution >= 0.6 is 22.9 Å². The maximum Gasteiger partial charge on any atom is 0.183 e. The predicted molar refractivity (Wildman–Crippen MR) is 57.6 cm³/mol. The Kier molecular flexibility index (Phi) is 3.38. The molecule has 1 fully saturated rings. The molecule has 1 aliphatic heterocycles. The van der Waals surface area contributed by atoms with Crippen molar-refractivity contribution in [1.82, 2.24) is 9.88 Å². The zero-order chi connectivity index (χ0) is 9.97. The molecule has 0 spiro atoms. The fraction of sp³-hybridized carbons (Fsp3) is 0.667. The van der Waals surface area contributed by atoms with E-state index < -0.39 is 0 Å². The molecule has 0 aliphatic carbocycles. The normalized spacial score (nSPS) is 23.1. The molecule has 1 atom stereocenters. The first kappa shape index (κ1) is 10.4. The Morgan fingerprint density at radius 1 is 1.71 bits per heavy atom. The summed E-state index contributed by atoms with van der Waals surface area (Å²) in [7, 11) is 0. The van der Waals surface area contributed by atoms with Gasteiger partial charge in [0.25, 0.3) is 0 Å². The molecular weight excluding hydrogens is 220 g/mol. The maximum atomic E-state index is 9.14. The van der Waals surface area contributed by atoms with Gasteiger partial charge in [0.15, 0.2) is 4.47 Å². The highest BCUT2D eigenvalue weighted by atomic mass is 35.5. The number of rotatable bonds is 3. The summed E-state index contributed by atoms with van der Waals surface area (Å²) in [4.78, 5) is 7.48. The van der Waals surface area contributed by atoms with E-state index in [2.05, 4.69) is 9.88 Å². The minimum absolute atomic E-state index is 0.256. The van der Waals surface area contributed by atoms with Gasteiger partial charge < -0.3 is 5.11 Å². The molecule has 1 aromatic rings. The summed E-state index contributed by atoms with van der Waals surface area (Å²) in [5.74, 6) is 0. The van der Waals surface area contributed by atoms with Crippen LogP contribution in [0.3, 0.4) is 0 Å². The lowest BCUT2D eigenvalue weighted by atomic mass is 10.2. The van der Waals surface area contributed by atoms with E-state index in [0.717, 1.165) is 19.5 Å². The molecule has 1 saturated heterocycles. The average molecular weight is 233 g/mol. The van der Waals surface area contributed by atoms with Crippen molar-refractivity contribution in [2.24, 2.45) is 0 Å². The highest BCUT2D eigenvalue weighted by Gasteiger charge is 2.23. The van der Waals surface area contributed by atoms with Gasteiger partial charge in [-0.1, -0.05) is 11.6 Å². The summed E-state index contributed by atoms with van der Waals surface area (Å²) in [5, 5.41) is 9.14. The number of aliphatic hydroxyl groups is 1. The van der Waals surface area contributed by atoms with Crippen molar-refractivity contribution in [3.05, 3.63) is 15.5 Å². The second-order valence-corrected chi connectivity index (χ2v) is 5.23. The topological polar surface area (TPSA) is 36.4 Å². The lowest BCUT2D eigenvalue weighted by Crippen LogP contribution is -2.31. The molecule has 2 heterocycles. The summed E-state index contributed by atoms with van der Waals surface area (Å²) in [5.41, 5.74) is 0. The fourth-order valence-electron chi connectivity index (χ4n) is 1.87. The number of hydrogen-bond donors (Lipinski definition) is 1. The van der Waals surface area contributed by atoms with Crippen LogP contribution in [0.5, 0.6) is 0 Å². The second-order valence-electron chi connectivity index (χ2n) is 3.53. The lowest BCUT2D eigenvalue weighted by molar-refractivity contribution is 0.154. The minimum atomic E-state index is 0.256. The van der Waals surface area contributed by atoms with E-state index in [1.807, 2.05) is 6.20 Å². The van der Waals surface area contributed by atoms with Gasteiger partial charge in [-0.25, -0.2) is 4.98 Å². The van der Waals surface area contributed by atoms with Crippen LogP contribution in [0.15, 0.2) is 6.20 Å². The van der Waals surface area contributed by atoms with Crippen LogP contribution in [-0.4, -0.2) is 34.2 Å². The summed E-state index contributed by atoms with van der Waals surface area (Å²) in [6.07, 6.45) is 4.10. The highest BCUT2D eigenvalue weighted by Crippen LogP contribution is 2.24. The zero-order valence-corrected chi connectivity index (χ0v) is 9.39. The Labute approximate surface area is 92.3 Å². The summed E-state index contributed by atoms with van der Waals surface area (Å²) < 4.78 is 0.597. The van der Waals surface area contributed by atoms with Crippen LogP contribution in [0.4, 0.5) is 0 Å². The van der Waals surface area contributed by atoms with Gasteiger partial charge in [0.05, 0.1) is 6.61 Å². The molecule has 0 saturated carbocycles. The molecule has 0 bridgehead atoms. The standard InChI is InChI=1S/C9H13ClN2OS/c10-9-11-4-8(14-9)5-12-3-1-2-7(12)6-13/h4,7,13H,1-3,5-6H2. The van der Waals surface area contributed by atoms with Gasteiger partial charge in [-0.2, -0.15) is 0 Å². The number of halogens is 1. The molecule has 3 nitrogen and oxygen atoms in total. The Balaban J connectivity index is 1.96. The summed E-state index contributed by atoms with van der Waals surface area (Å²) in [6, 6.07) is 0.330. The van der Waals surface area contributed by atoms with Gasteiger partial charge in [-0.3, -0.25) is 4.90 Å². The van der Waals surface area contributed by atoms with Gasteiger partial charge in [0.2, 0.25) is 0 Å². The van der Waals surface area contributed by atoms with E-state index in [1.54, 1.807) is 0 Å². The average Bonchev–Trinajstić information content (AvgIpc) is 2.76. The number of aromatic nitrogens is 1. The smallest absolute Gasteiger partial charge is 0.183 e. The first-order valence-electron chi connectivity index (χ1n) is 4.74. The molecule has 1 N–H and O–H groups in total. The summed E-state index contributed by atoms with van der Waals surface area (Å²) >= 11 is 7.27. The second kappa shape index (κ2) is 4.57. The van der Waals surface area contributed by atoms with E-state index >= 15 is 0 Å². The van der Waals surface area contributed by atoms with Gasteiger partial charge >= 0.3 is 0 Å². The van der Waals surface area contributed by atoms with Crippen molar-refractivity contribution in [3.63, 3.8) is 0 Å². The zero-order valence-electron chi connectivity index (χ0n) is 7.82. The third-order valence-electron chi connectivity index (χ3n) is 2.59. The molecule has 0 radical (unpaired) electrons. The van der Waals surface area contributed by atoms with E-state index in [9.17, 15) is 0 Å². The molecule has 2 rings (SSSR count). The van der Waals surface area contributed by atoms with E-state index in [-0.39, 0.29) is 6.61 Å². The molecule has 5 heteroatoms. The third kappa shape index (κ3) is 2.25. The first-order valence-corrected chi connectivity index (χ1v) is 5.94. The number of nitrogens with zero attached hydrogens (tertiary/aromatic N) is 2. The largest absolute Gasteiger partial charge is 0.395 e. The van der Waals surface area contributed by atoms with E-state index in [1.165, 1.54) is 22.6 Å². The van der Waals surface area contributed by atoms with Crippen LogP contribution in [0.1, 0.15) is 17.7 Å². The Morgan fingerprint density at radius 3 is 3.21 bits per heavy atom. The summed E-state index contributed by atoms with van der Waals surface area (Å²) in [6.45, 7) is 2.20. The fourth-order valence-corrected chi connectivity index (χ4v) is 2.87. The lowest BCUT2D eigenvalue weighted by Gasteiger charge is -2.21. The molecule has 0 amide bonds. The Bertz CT molecular complexity index is 305. The number of hydrogen-bond acceptors (Lipinski definition) is 4. The molecular formula is C9H13ClN2OS. The number of likely N-dealkylation sites (tertiary alicyclic amines) is 1. The SMILES string of the molecule is OCC1CCCN1Cc1cnc(Cl)s1. The monoisotopic (exact) mass is 232 g/mol. The van der Waals surface area contributed by atoms with Crippen LogP contribution in [0.25, 0.3) is 0 Å². The number of thiazole rings is 1. The Morgan fingerprint density at radius 2 is 2.57 bits per heavy atom.